The number of carbonyl (C=O) groups excluding carboxylic acids is 1. The van der Waals surface area contributed by atoms with Gasteiger partial charge in [0, 0.05) is 11.4 Å². The van der Waals surface area contributed by atoms with Gasteiger partial charge in [-0.3, -0.25) is 4.79 Å². The molecule has 0 amide bonds. The van der Waals surface area contributed by atoms with Crippen LogP contribution < -0.4 is 4.74 Å². The van der Waals surface area contributed by atoms with Crippen molar-refractivity contribution in [1.82, 2.24) is 0 Å². The van der Waals surface area contributed by atoms with Crippen LogP contribution in [0, 0.1) is 0 Å². The number of Topliss-reactive ketones (excluding diaryl/α,β-unsaturated/α-hetero) is 1. The zero-order valence-corrected chi connectivity index (χ0v) is 14.8. The molecule has 0 radical (unpaired) electrons. The number of unbranched alkanes of at least 4 members (excludes halogenated alkanes) is 8. The van der Waals surface area contributed by atoms with Crippen LogP contribution in [-0.2, 0) is 0 Å². The summed E-state index contributed by atoms with van der Waals surface area (Å²) >= 11 is 5.96. The fraction of sp³-hybridized carbons (Fsp3) is 0.632. The van der Waals surface area contributed by atoms with Gasteiger partial charge in [-0.2, -0.15) is 0 Å². The molecule has 0 saturated carbocycles. The molecule has 1 aromatic carbocycles. The first-order valence-electron chi connectivity index (χ1n) is 8.55. The van der Waals surface area contributed by atoms with Gasteiger partial charge in [-0.05, 0) is 24.6 Å². The van der Waals surface area contributed by atoms with Crippen molar-refractivity contribution in [3.8, 4) is 5.75 Å². The van der Waals surface area contributed by atoms with Crippen LogP contribution in [-0.4, -0.2) is 12.9 Å². The van der Waals surface area contributed by atoms with Crippen LogP contribution in [0.4, 0.5) is 0 Å². The lowest BCUT2D eigenvalue weighted by molar-refractivity contribution is 0.0976. The molecular weight excluding hydrogens is 296 g/mol. The van der Waals surface area contributed by atoms with Crippen LogP contribution >= 0.6 is 11.6 Å². The minimum atomic E-state index is 0.127. The summed E-state index contributed by atoms with van der Waals surface area (Å²) in [6, 6.07) is 5.21. The Bertz CT molecular complexity index is 443. The molecule has 22 heavy (non-hydrogen) atoms. The fourth-order valence-corrected chi connectivity index (χ4v) is 2.80. The maximum Gasteiger partial charge on any atom is 0.166 e. The van der Waals surface area contributed by atoms with E-state index in [1.54, 1.807) is 25.3 Å². The van der Waals surface area contributed by atoms with Gasteiger partial charge in [-0.25, -0.2) is 0 Å². The van der Waals surface area contributed by atoms with Crippen molar-refractivity contribution in [3.63, 3.8) is 0 Å². The number of rotatable bonds is 12. The molecule has 0 spiro atoms. The van der Waals surface area contributed by atoms with Gasteiger partial charge in [-0.1, -0.05) is 69.9 Å². The number of hydrogen-bond donors (Lipinski definition) is 0. The van der Waals surface area contributed by atoms with E-state index < -0.39 is 0 Å². The maximum atomic E-state index is 12.2. The molecule has 0 aromatic heterocycles. The molecule has 3 heteroatoms. The van der Waals surface area contributed by atoms with Gasteiger partial charge in [0.05, 0.1) is 12.7 Å². The van der Waals surface area contributed by atoms with Crippen molar-refractivity contribution in [2.75, 3.05) is 7.11 Å². The van der Waals surface area contributed by atoms with Crippen molar-refractivity contribution in [1.29, 1.82) is 0 Å². The number of halogens is 1. The van der Waals surface area contributed by atoms with E-state index in [-0.39, 0.29) is 5.78 Å². The van der Waals surface area contributed by atoms with Crippen LogP contribution in [0.5, 0.6) is 5.75 Å². The SMILES string of the molecule is CCCCCCCCCCCC(=O)c1cc(Cl)ccc1OC. The highest BCUT2D eigenvalue weighted by atomic mass is 35.5. The average molecular weight is 325 g/mol. The molecule has 0 aliphatic carbocycles. The van der Waals surface area contributed by atoms with E-state index in [1.807, 2.05) is 0 Å². The molecule has 1 aromatic rings. The Morgan fingerprint density at radius 3 is 2.18 bits per heavy atom. The molecule has 0 fully saturated rings. The van der Waals surface area contributed by atoms with E-state index in [1.165, 1.54) is 44.9 Å². The number of carbonyl (C=O) groups is 1. The molecule has 0 unspecified atom stereocenters. The molecule has 0 aliphatic rings. The Balaban J connectivity index is 2.20. The third kappa shape index (κ3) is 7.31. The highest BCUT2D eigenvalue weighted by molar-refractivity contribution is 6.31. The molecule has 0 N–H and O–H groups in total. The van der Waals surface area contributed by atoms with Crippen molar-refractivity contribution in [2.45, 2.75) is 71.1 Å². The fourth-order valence-electron chi connectivity index (χ4n) is 2.63. The van der Waals surface area contributed by atoms with E-state index in [9.17, 15) is 4.79 Å². The van der Waals surface area contributed by atoms with Crippen LogP contribution in [0.1, 0.15) is 81.5 Å². The first-order valence-corrected chi connectivity index (χ1v) is 8.93. The average Bonchev–Trinajstić information content (AvgIpc) is 2.53. The Morgan fingerprint density at radius 2 is 1.59 bits per heavy atom. The standard InChI is InChI=1S/C19H29ClO2/c1-3-4-5-6-7-8-9-10-11-12-18(21)17-15-16(20)13-14-19(17)22-2/h13-15H,3-12H2,1-2H3. The maximum absolute atomic E-state index is 12.2. The number of benzene rings is 1. The Hall–Kier alpha value is -1.02. The zero-order chi connectivity index (χ0) is 16.2. The van der Waals surface area contributed by atoms with Gasteiger partial charge in [0.25, 0.3) is 0 Å². The lowest BCUT2D eigenvalue weighted by Crippen LogP contribution is -2.02. The molecule has 2 nitrogen and oxygen atoms in total. The molecule has 1 rings (SSSR count). The summed E-state index contributed by atoms with van der Waals surface area (Å²) in [5, 5.41) is 0.580. The number of ketones is 1. The van der Waals surface area contributed by atoms with E-state index in [0.29, 0.717) is 22.8 Å². The largest absolute Gasteiger partial charge is 0.496 e. The van der Waals surface area contributed by atoms with Gasteiger partial charge in [0.1, 0.15) is 5.75 Å². The summed E-state index contributed by atoms with van der Waals surface area (Å²) in [5.41, 5.74) is 0.606. The molecule has 0 heterocycles. The minimum Gasteiger partial charge on any atom is -0.496 e. The molecule has 0 bridgehead atoms. The predicted molar refractivity (Wildman–Crippen MR) is 94.2 cm³/mol. The van der Waals surface area contributed by atoms with Crippen LogP contribution in [0.25, 0.3) is 0 Å². The van der Waals surface area contributed by atoms with Gasteiger partial charge in [0.2, 0.25) is 0 Å². The predicted octanol–water partition coefficient (Wildman–Crippen LogP) is 6.45. The molecule has 0 atom stereocenters. The van der Waals surface area contributed by atoms with Crippen molar-refractivity contribution >= 4 is 17.4 Å². The summed E-state index contributed by atoms with van der Waals surface area (Å²) in [4.78, 5) is 12.2. The first kappa shape index (κ1) is 19.0. The van der Waals surface area contributed by atoms with Crippen molar-refractivity contribution in [3.05, 3.63) is 28.8 Å². The summed E-state index contributed by atoms with van der Waals surface area (Å²) in [6.07, 6.45) is 11.9. The normalized spacial score (nSPS) is 10.7. The zero-order valence-electron chi connectivity index (χ0n) is 14.0. The molecule has 124 valence electrons. The Kier molecular flexibility index (Phi) is 9.98. The van der Waals surface area contributed by atoms with Crippen molar-refractivity contribution in [2.24, 2.45) is 0 Å². The van der Waals surface area contributed by atoms with Gasteiger partial charge < -0.3 is 4.74 Å². The third-order valence-corrected chi connectivity index (χ3v) is 4.20. The monoisotopic (exact) mass is 324 g/mol. The minimum absolute atomic E-state index is 0.127. The summed E-state index contributed by atoms with van der Waals surface area (Å²) in [7, 11) is 1.58. The van der Waals surface area contributed by atoms with Crippen molar-refractivity contribution < 1.29 is 9.53 Å². The highest BCUT2D eigenvalue weighted by Gasteiger charge is 2.12. The second kappa shape index (κ2) is 11.5. The topological polar surface area (TPSA) is 26.3 Å². The molecular formula is C19H29ClO2. The van der Waals surface area contributed by atoms with E-state index in [4.69, 9.17) is 16.3 Å². The van der Waals surface area contributed by atoms with E-state index in [2.05, 4.69) is 6.92 Å². The number of ether oxygens (including phenoxy) is 1. The first-order chi connectivity index (χ1) is 10.7. The summed E-state index contributed by atoms with van der Waals surface area (Å²) in [6.45, 7) is 2.24. The van der Waals surface area contributed by atoms with Crippen LogP contribution in [0.2, 0.25) is 5.02 Å². The smallest absolute Gasteiger partial charge is 0.166 e. The number of methoxy groups -OCH3 is 1. The second-order valence-corrected chi connectivity index (χ2v) is 6.28. The Morgan fingerprint density at radius 1 is 1.00 bits per heavy atom. The van der Waals surface area contributed by atoms with E-state index >= 15 is 0 Å². The second-order valence-electron chi connectivity index (χ2n) is 5.85. The lowest BCUT2D eigenvalue weighted by atomic mass is 10.0. The van der Waals surface area contributed by atoms with Crippen LogP contribution in [0.3, 0.4) is 0 Å². The quantitative estimate of drug-likeness (QED) is 0.326. The lowest BCUT2D eigenvalue weighted by Gasteiger charge is -2.08. The van der Waals surface area contributed by atoms with Gasteiger partial charge in [-0.15, -0.1) is 0 Å². The molecule has 0 saturated heterocycles. The van der Waals surface area contributed by atoms with Gasteiger partial charge >= 0.3 is 0 Å². The van der Waals surface area contributed by atoms with E-state index in [0.717, 1.165) is 12.8 Å². The van der Waals surface area contributed by atoms with Gasteiger partial charge in [0.15, 0.2) is 5.78 Å². The number of hydrogen-bond acceptors (Lipinski definition) is 2. The summed E-state index contributed by atoms with van der Waals surface area (Å²) in [5.74, 6) is 0.743. The summed E-state index contributed by atoms with van der Waals surface area (Å²) < 4.78 is 5.23. The third-order valence-electron chi connectivity index (χ3n) is 3.97. The Labute approximate surface area is 140 Å². The highest BCUT2D eigenvalue weighted by Crippen LogP contribution is 2.24. The molecule has 0 aliphatic heterocycles. The van der Waals surface area contributed by atoms with Crippen LogP contribution in [0.15, 0.2) is 18.2 Å².